The largest absolute Gasteiger partial charge is 0.374 e. The summed E-state index contributed by atoms with van der Waals surface area (Å²) in [5.41, 5.74) is 0.616. The smallest absolute Gasteiger partial charge is 0.255 e. The van der Waals surface area contributed by atoms with Crippen LogP contribution in [0.25, 0.3) is 0 Å². The van der Waals surface area contributed by atoms with E-state index in [0.29, 0.717) is 36.5 Å². The van der Waals surface area contributed by atoms with Crippen LogP contribution in [0.3, 0.4) is 0 Å². The van der Waals surface area contributed by atoms with Crippen LogP contribution in [0.5, 0.6) is 0 Å². The van der Waals surface area contributed by atoms with E-state index in [1.165, 1.54) is 4.90 Å². The predicted octanol–water partition coefficient (Wildman–Crippen LogP) is 4.11. The molecule has 212 valence electrons. The van der Waals surface area contributed by atoms with E-state index in [1.807, 2.05) is 19.9 Å². The first-order chi connectivity index (χ1) is 18.5. The molecule has 4 fully saturated rings. The van der Waals surface area contributed by atoms with Gasteiger partial charge in [0.2, 0.25) is 17.7 Å². The standard InChI is InChI=1S/C28H36ClF2N5O3/c1-16(2)11-23(34-19-7-3-6-18(29)13-19)27(39)36-21-8-9-22(28(30,31)14-21)24(36)26(38)35-20(15-32)12-17-5-4-10-33-25(17)37/h3,6-7,13,16-17,20-24,34H,4-5,8-12,14H2,1-2H3,(H,33,37)(H,35,38)/t17-,20+,21-,22-,23-,24+/m1/s1. The quantitative estimate of drug-likeness (QED) is 0.418. The highest BCUT2D eigenvalue weighted by molar-refractivity contribution is 6.30. The molecule has 1 aromatic carbocycles. The monoisotopic (exact) mass is 563 g/mol. The van der Waals surface area contributed by atoms with Gasteiger partial charge in [-0.1, -0.05) is 31.5 Å². The summed E-state index contributed by atoms with van der Waals surface area (Å²) in [4.78, 5) is 41.2. The van der Waals surface area contributed by atoms with Crippen molar-refractivity contribution in [2.24, 2.45) is 17.8 Å². The highest BCUT2D eigenvalue weighted by Gasteiger charge is 2.61. The minimum atomic E-state index is -3.11. The number of halogens is 3. The molecule has 0 unspecified atom stereocenters. The molecule has 3 amide bonds. The number of hydrogen-bond donors (Lipinski definition) is 3. The maximum Gasteiger partial charge on any atom is 0.255 e. The topological polar surface area (TPSA) is 114 Å². The number of nitrogens with one attached hydrogen (secondary N) is 3. The Morgan fingerprint density at radius 3 is 2.69 bits per heavy atom. The summed E-state index contributed by atoms with van der Waals surface area (Å²) in [6.07, 6.45) is 1.85. The fourth-order valence-electron chi connectivity index (χ4n) is 6.22. The van der Waals surface area contributed by atoms with Gasteiger partial charge < -0.3 is 20.9 Å². The second kappa shape index (κ2) is 12.1. The molecule has 4 aliphatic rings. The number of benzene rings is 1. The number of hydrogen-bond acceptors (Lipinski definition) is 5. The lowest BCUT2D eigenvalue weighted by molar-refractivity contribution is -0.194. The van der Waals surface area contributed by atoms with Crippen molar-refractivity contribution in [1.82, 2.24) is 15.5 Å². The zero-order valence-electron chi connectivity index (χ0n) is 22.3. The zero-order chi connectivity index (χ0) is 28.3. The van der Waals surface area contributed by atoms with E-state index in [9.17, 15) is 19.6 Å². The van der Waals surface area contributed by atoms with Gasteiger partial charge in [-0.3, -0.25) is 14.4 Å². The van der Waals surface area contributed by atoms with Crippen LogP contribution in [-0.4, -0.2) is 59.3 Å². The van der Waals surface area contributed by atoms with Crippen molar-refractivity contribution in [3.05, 3.63) is 29.3 Å². The Morgan fingerprint density at radius 1 is 1.28 bits per heavy atom. The van der Waals surface area contributed by atoms with Gasteiger partial charge in [0, 0.05) is 35.6 Å². The van der Waals surface area contributed by atoms with E-state index in [0.717, 1.165) is 6.42 Å². The molecular weight excluding hydrogens is 528 g/mol. The van der Waals surface area contributed by atoms with Crippen molar-refractivity contribution < 1.29 is 23.2 Å². The third kappa shape index (κ3) is 6.63. The molecule has 6 atom stereocenters. The van der Waals surface area contributed by atoms with Gasteiger partial charge in [0.1, 0.15) is 18.1 Å². The SMILES string of the molecule is CC(C)C[C@@H](Nc1cccc(Cl)c1)C(=O)N1[C@@H]2CC[C@H]([C@H]1C(=O)N[C@H](C#N)C[C@H]1CCCNC1=O)C(F)(F)C2. The van der Waals surface area contributed by atoms with Crippen LogP contribution in [0, 0.1) is 29.1 Å². The molecule has 11 heteroatoms. The number of alkyl halides is 2. The van der Waals surface area contributed by atoms with Crippen molar-refractivity contribution >= 4 is 35.0 Å². The summed E-state index contributed by atoms with van der Waals surface area (Å²) in [7, 11) is 0. The summed E-state index contributed by atoms with van der Waals surface area (Å²) in [5, 5.41) is 18.8. The first kappa shape index (κ1) is 29.1. The molecule has 1 saturated carbocycles. The molecule has 0 spiro atoms. The van der Waals surface area contributed by atoms with Crippen LogP contribution in [0.2, 0.25) is 5.02 Å². The Kier molecular flexibility index (Phi) is 9.00. The van der Waals surface area contributed by atoms with E-state index >= 15 is 8.78 Å². The van der Waals surface area contributed by atoms with Gasteiger partial charge in [0.15, 0.2) is 0 Å². The maximum atomic E-state index is 15.1. The third-order valence-electron chi connectivity index (χ3n) is 8.02. The number of anilines is 1. The fourth-order valence-corrected chi connectivity index (χ4v) is 6.41. The number of piperidine rings is 3. The van der Waals surface area contributed by atoms with Gasteiger partial charge in [0.05, 0.1) is 12.0 Å². The lowest BCUT2D eigenvalue weighted by Gasteiger charge is -2.54. The lowest BCUT2D eigenvalue weighted by atomic mass is 9.71. The van der Waals surface area contributed by atoms with E-state index < -0.39 is 60.2 Å². The van der Waals surface area contributed by atoms with Crippen LogP contribution in [0.1, 0.15) is 58.8 Å². The van der Waals surface area contributed by atoms with E-state index in [4.69, 9.17) is 11.6 Å². The van der Waals surface area contributed by atoms with E-state index in [-0.39, 0.29) is 24.7 Å². The minimum absolute atomic E-state index is 0.0888. The number of fused-ring (bicyclic) bond motifs is 3. The van der Waals surface area contributed by atoms with Gasteiger partial charge in [-0.15, -0.1) is 0 Å². The Bertz CT molecular complexity index is 1130. The molecule has 8 nitrogen and oxygen atoms in total. The van der Waals surface area contributed by atoms with Crippen LogP contribution >= 0.6 is 11.6 Å². The van der Waals surface area contributed by atoms with Crippen LogP contribution < -0.4 is 16.0 Å². The van der Waals surface area contributed by atoms with Crippen LogP contribution in [0.4, 0.5) is 14.5 Å². The molecule has 3 N–H and O–H groups in total. The second-order valence-corrected chi connectivity index (χ2v) is 11.8. The molecular formula is C28H36ClF2N5O3. The predicted molar refractivity (Wildman–Crippen MR) is 143 cm³/mol. The van der Waals surface area contributed by atoms with E-state index in [2.05, 4.69) is 16.0 Å². The van der Waals surface area contributed by atoms with E-state index in [1.54, 1.807) is 24.3 Å². The fraction of sp³-hybridized carbons (Fsp3) is 0.643. The van der Waals surface area contributed by atoms with Gasteiger partial charge >= 0.3 is 0 Å². The number of amides is 3. The minimum Gasteiger partial charge on any atom is -0.374 e. The van der Waals surface area contributed by atoms with Gasteiger partial charge in [-0.25, -0.2) is 8.78 Å². The number of nitriles is 1. The zero-order valence-corrected chi connectivity index (χ0v) is 23.0. The molecule has 3 saturated heterocycles. The summed E-state index contributed by atoms with van der Waals surface area (Å²) in [5.74, 6) is -6.18. The first-order valence-electron chi connectivity index (χ1n) is 13.7. The Hall–Kier alpha value is -2.93. The summed E-state index contributed by atoms with van der Waals surface area (Å²) in [6, 6.07) is 4.91. The summed E-state index contributed by atoms with van der Waals surface area (Å²) in [6.45, 7) is 4.48. The normalized spacial score (nSPS) is 27.3. The maximum absolute atomic E-state index is 15.1. The number of carbonyl (C=O) groups is 3. The number of carbonyl (C=O) groups excluding carboxylic acids is 3. The van der Waals surface area contributed by atoms with Gasteiger partial charge in [0.25, 0.3) is 5.92 Å². The summed E-state index contributed by atoms with van der Waals surface area (Å²) < 4.78 is 30.3. The average Bonchev–Trinajstić information content (AvgIpc) is 2.87. The first-order valence-corrected chi connectivity index (χ1v) is 14.1. The second-order valence-electron chi connectivity index (χ2n) is 11.4. The number of rotatable bonds is 9. The highest BCUT2D eigenvalue weighted by atomic mass is 35.5. The van der Waals surface area contributed by atoms with Crippen LogP contribution in [0.15, 0.2) is 24.3 Å². The molecule has 3 aliphatic heterocycles. The Balaban J connectivity index is 1.58. The molecule has 5 rings (SSSR count). The molecule has 1 aromatic rings. The molecule has 2 bridgehead atoms. The molecule has 0 aromatic heterocycles. The molecule has 0 radical (unpaired) electrons. The van der Waals surface area contributed by atoms with Crippen molar-refractivity contribution in [3.8, 4) is 6.07 Å². The summed E-state index contributed by atoms with van der Waals surface area (Å²) >= 11 is 6.13. The lowest BCUT2D eigenvalue weighted by Crippen LogP contribution is -2.70. The molecule has 39 heavy (non-hydrogen) atoms. The highest BCUT2D eigenvalue weighted by Crippen LogP contribution is 2.49. The van der Waals surface area contributed by atoms with Crippen molar-refractivity contribution in [2.45, 2.75) is 88.9 Å². The van der Waals surface area contributed by atoms with Gasteiger partial charge in [-0.2, -0.15) is 5.26 Å². The Labute approximate surface area is 232 Å². The van der Waals surface area contributed by atoms with Crippen molar-refractivity contribution in [1.29, 1.82) is 5.26 Å². The number of nitrogens with zero attached hydrogens (tertiary/aromatic N) is 2. The van der Waals surface area contributed by atoms with Crippen LogP contribution in [-0.2, 0) is 14.4 Å². The van der Waals surface area contributed by atoms with Gasteiger partial charge in [-0.05, 0) is 62.6 Å². The third-order valence-corrected chi connectivity index (χ3v) is 8.26. The molecule has 1 aliphatic carbocycles. The average molecular weight is 564 g/mol. The Morgan fingerprint density at radius 2 is 2.05 bits per heavy atom. The van der Waals surface area contributed by atoms with Crippen molar-refractivity contribution in [3.63, 3.8) is 0 Å². The van der Waals surface area contributed by atoms with Crippen molar-refractivity contribution in [2.75, 3.05) is 11.9 Å². The molecule has 3 heterocycles.